The van der Waals surface area contributed by atoms with Gasteiger partial charge in [0, 0.05) is 24.6 Å². The van der Waals surface area contributed by atoms with Gasteiger partial charge in [0.2, 0.25) is 11.8 Å². The first kappa shape index (κ1) is 15.0. The van der Waals surface area contributed by atoms with Crippen LogP contribution >= 0.6 is 0 Å². The molecule has 2 bridgehead atoms. The van der Waals surface area contributed by atoms with Crippen LogP contribution in [-0.4, -0.2) is 23.3 Å². The second-order valence-corrected chi connectivity index (χ2v) is 6.53. The topological polar surface area (TPSA) is 71.1 Å². The average Bonchev–Trinajstić information content (AvgIpc) is 3.09. The molecule has 2 amide bonds. The van der Waals surface area contributed by atoms with E-state index in [1.165, 1.54) is 19.3 Å². The van der Waals surface area contributed by atoms with Crippen LogP contribution in [0.4, 0.5) is 5.82 Å². The third kappa shape index (κ3) is 3.46. The molecule has 5 nitrogen and oxygen atoms in total. The molecule has 0 spiro atoms. The van der Waals surface area contributed by atoms with Gasteiger partial charge in [-0.1, -0.05) is 12.5 Å². The number of anilines is 1. The summed E-state index contributed by atoms with van der Waals surface area (Å²) in [5.41, 5.74) is 0.863. The van der Waals surface area contributed by atoms with Gasteiger partial charge in [-0.05, 0) is 50.2 Å². The third-order valence-corrected chi connectivity index (χ3v) is 4.88. The van der Waals surface area contributed by atoms with Crippen LogP contribution in [0.3, 0.4) is 0 Å². The number of carbonyl (C=O) groups is 2. The Morgan fingerprint density at radius 2 is 2.14 bits per heavy atom. The Labute approximate surface area is 130 Å². The van der Waals surface area contributed by atoms with Gasteiger partial charge in [0.05, 0.1) is 0 Å². The van der Waals surface area contributed by atoms with Crippen LogP contribution in [0.25, 0.3) is 0 Å². The second-order valence-electron chi connectivity index (χ2n) is 6.53. The lowest BCUT2D eigenvalue weighted by atomic mass is 9.88. The van der Waals surface area contributed by atoms with Crippen LogP contribution in [0.2, 0.25) is 0 Å². The maximum Gasteiger partial charge on any atom is 0.227 e. The van der Waals surface area contributed by atoms with Crippen molar-refractivity contribution in [3.05, 3.63) is 23.9 Å². The molecule has 0 aromatic carbocycles. The molecule has 0 unspecified atom stereocenters. The smallest absolute Gasteiger partial charge is 0.227 e. The van der Waals surface area contributed by atoms with Gasteiger partial charge in [-0.15, -0.1) is 0 Å². The summed E-state index contributed by atoms with van der Waals surface area (Å²) in [7, 11) is 0. The molecular formula is C17H23N3O2. The van der Waals surface area contributed by atoms with Crippen molar-refractivity contribution >= 4 is 17.6 Å². The molecular weight excluding hydrogens is 278 g/mol. The zero-order chi connectivity index (χ0) is 15.5. The maximum absolute atomic E-state index is 12.2. The number of carbonyl (C=O) groups excluding carboxylic acids is 2. The van der Waals surface area contributed by atoms with Crippen molar-refractivity contribution in [3.63, 3.8) is 0 Å². The summed E-state index contributed by atoms with van der Waals surface area (Å²) in [4.78, 5) is 28.2. The van der Waals surface area contributed by atoms with Crippen LogP contribution in [0, 0.1) is 24.7 Å². The highest BCUT2D eigenvalue weighted by Crippen LogP contribution is 2.48. The van der Waals surface area contributed by atoms with E-state index in [2.05, 4.69) is 15.6 Å². The van der Waals surface area contributed by atoms with Crippen molar-refractivity contribution in [2.75, 3.05) is 11.9 Å². The Balaban J connectivity index is 1.39. The van der Waals surface area contributed by atoms with E-state index in [1.54, 1.807) is 6.07 Å². The Morgan fingerprint density at radius 1 is 1.27 bits per heavy atom. The lowest BCUT2D eigenvalue weighted by molar-refractivity contribution is -0.126. The Bertz CT molecular complexity index is 573. The summed E-state index contributed by atoms with van der Waals surface area (Å²) in [6.07, 6.45) is 5.03. The van der Waals surface area contributed by atoms with Gasteiger partial charge in [-0.25, -0.2) is 4.98 Å². The number of nitrogens with zero attached hydrogens (tertiary/aromatic N) is 1. The van der Waals surface area contributed by atoms with Crippen molar-refractivity contribution < 1.29 is 9.59 Å². The molecule has 1 aromatic rings. The minimum Gasteiger partial charge on any atom is -0.355 e. The molecule has 118 valence electrons. The molecule has 0 aliphatic heterocycles. The Morgan fingerprint density at radius 3 is 2.82 bits per heavy atom. The molecule has 0 radical (unpaired) electrons. The summed E-state index contributed by atoms with van der Waals surface area (Å²) >= 11 is 0. The molecule has 2 N–H and O–H groups in total. The maximum atomic E-state index is 12.2. The number of hydrogen-bond donors (Lipinski definition) is 2. The largest absolute Gasteiger partial charge is 0.355 e. The van der Waals surface area contributed by atoms with Crippen LogP contribution < -0.4 is 10.6 Å². The highest BCUT2D eigenvalue weighted by atomic mass is 16.2. The van der Waals surface area contributed by atoms with Crippen molar-refractivity contribution in [3.8, 4) is 0 Å². The van der Waals surface area contributed by atoms with E-state index in [4.69, 9.17) is 0 Å². The molecule has 3 rings (SSSR count). The van der Waals surface area contributed by atoms with Gasteiger partial charge in [0.15, 0.2) is 0 Å². The van der Waals surface area contributed by atoms with E-state index in [9.17, 15) is 9.59 Å². The van der Waals surface area contributed by atoms with E-state index in [0.717, 1.165) is 18.0 Å². The zero-order valence-corrected chi connectivity index (χ0v) is 13.0. The predicted octanol–water partition coefficient (Wildman–Crippen LogP) is 2.27. The number of pyridine rings is 1. The van der Waals surface area contributed by atoms with Crippen LogP contribution in [0.5, 0.6) is 0 Å². The summed E-state index contributed by atoms with van der Waals surface area (Å²) in [5, 5.41) is 5.67. The summed E-state index contributed by atoms with van der Waals surface area (Å²) in [6.45, 7) is 2.27. The monoisotopic (exact) mass is 301 g/mol. The van der Waals surface area contributed by atoms with Gasteiger partial charge in [-0.2, -0.15) is 0 Å². The normalized spacial score (nSPS) is 26.0. The fourth-order valence-corrected chi connectivity index (χ4v) is 3.81. The lowest BCUT2D eigenvalue weighted by Gasteiger charge is -2.20. The molecule has 2 aliphatic rings. The third-order valence-electron chi connectivity index (χ3n) is 4.88. The van der Waals surface area contributed by atoms with Crippen LogP contribution in [-0.2, 0) is 9.59 Å². The number of hydrogen-bond acceptors (Lipinski definition) is 3. The number of fused-ring (bicyclic) bond motifs is 2. The van der Waals surface area contributed by atoms with E-state index >= 15 is 0 Å². The highest BCUT2D eigenvalue weighted by molar-refractivity contribution is 5.90. The van der Waals surface area contributed by atoms with Gasteiger partial charge >= 0.3 is 0 Å². The minimum absolute atomic E-state index is 0.119. The Hall–Kier alpha value is -1.91. The summed E-state index contributed by atoms with van der Waals surface area (Å²) in [5.74, 6) is 2.09. The van der Waals surface area contributed by atoms with E-state index in [-0.39, 0.29) is 24.2 Å². The molecule has 2 fully saturated rings. The standard InChI is InChI=1S/C17H23N3O2/c1-11-3-2-4-15(19-11)20-16(21)7-8-18-17(22)14-10-12-5-6-13(14)9-12/h2-4,12-14H,5-10H2,1H3,(H,18,22)(H,19,20,21)/t12-,13-,14-/m0/s1. The van der Waals surface area contributed by atoms with E-state index in [0.29, 0.717) is 18.3 Å². The fraction of sp³-hybridized carbons (Fsp3) is 0.588. The molecule has 0 saturated heterocycles. The van der Waals surface area contributed by atoms with Crippen molar-refractivity contribution in [2.45, 2.75) is 39.0 Å². The molecule has 1 heterocycles. The summed E-state index contributed by atoms with van der Waals surface area (Å²) in [6, 6.07) is 5.50. The zero-order valence-electron chi connectivity index (χ0n) is 13.0. The SMILES string of the molecule is Cc1cccc(NC(=O)CCNC(=O)[C@H]2C[C@H]3CC[C@H]2C3)n1. The van der Waals surface area contributed by atoms with Gasteiger partial charge in [0.25, 0.3) is 0 Å². The van der Waals surface area contributed by atoms with Crippen LogP contribution in [0.1, 0.15) is 37.8 Å². The fourth-order valence-electron chi connectivity index (χ4n) is 3.81. The number of nitrogens with one attached hydrogen (secondary N) is 2. The van der Waals surface area contributed by atoms with Crippen molar-refractivity contribution in [1.82, 2.24) is 10.3 Å². The minimum atomic E-state index is -0.119. The molecule has 2 aliphatic carbocycles. The quantitative estimate of drug-likeness (QED) is 0.876. The molecule has 1 aromatic heterocycles. The molecule has 3 atom stereocenters. The number of rotatable bonds is 5. The summed E-state index contributed by atoms with van der Waals surface area (Å²) < 4.78 is 0. The predicted molar refractivity (Wildman–Crippen MR) is 84.2 cm³/mol. The van der Waals surface area contributed by atoms with Gasteiger partial charge in [-0.3, -0.25) is 9.59 Å². The van der Waals surface area contributed by atoms with E-state index in [1.807, 2.05) is 19.1 Å². The number of amides is 2. The van der Waals surface area contributed by atoms with Crippen molar-refractivity contribution in [1.29, 1.82) is 0 Å². The average molecular weight is 301 g/mol. The highest BCUT2D eigenvalue weighted by Gasteiger charge is 2.42. The molecule has 22 heavy (non-hydrogen) atoms. The van der Waals surface area contributed by atoms with Crippen molar-refractivity contribution in [2.24, 2.45) is 17.8 Å². The van der Waals surface area contributed by atoms with Crippen LogP contribution in [0.15, 0.2) is 18.2 Å². The molecule has 2 saturated carbocycles. The second kappa shape index (κ2) is 6.46. The van der Waals surface area contributed by atoms with E-state index < -0.39 is 0 Å². The first-order valence-electron chi connectivity index (χ1n) is 8.13. The molecule has 5 heteroatoms. The first-order valence-corrected chi connectivity index (χ1v) is 8.13. The van der Waals surface area contributed by atoms with Gasteiger partial charge < -0.3 is 10.6 Å². The number of aromatic nitrogens is 1. The number of aryl methyl sites for hydroxylation is 1. The lowest BCUT2D eigenvalue weighted by Crippen LogP contribution is -2.35. The Kier molecular flexibility index (Phi) is 4.41. The van der Waals surface area contributed by atoms with Gasteiger partial charge in [0.1, 0.15) is 5.82 Å². The first-order chi connectivity index (χ1) is 10.6.